The predicted octanol–water partition coefficient (Wildman–Crippen LogP) is 2.64. The minimum Gasteiger partial charge on any atom is -0.491 e. The van der Waals surface area contributed by atoms with Crippen molar-refractivity contribution in [2.45, 2.75) is 12.7 Å². The van der Waals surface area contributed by atoms with Gasteiger partial charge in [0.2, 0.25) is 0 Å². The summed E-state index contributed by atoms with van der Waals surface area (Å²) in [4.78, 5) is 0. The summed E-state index contributed by atoms with van der Waals surface area (Å²) in [5, 5.41) is 9.74. The quantitative estimate of drug-likeness (QED) is 0.829. The molecule has 0 spiro atoms. The van der Waals surface area contributed by atoms with Crippen molar-refractivity contribution in [2.75, 3.05) is 13.2 Å². The van der Waals surface area contributed by atoms with Gasteiger partial charge in [-0.15, -0.1) is 0 Å². The molecule has 0 aliphatic rings. The van der Waals surface area contributed by atoms with Crippen LogP contribution < -0.4 is 4.74 Å². The Balaban J connectivity index is 1.64. The van der Waals surface area contributed by atoms with E-state index in [-0.39, 0.29) is 13.2 Å². The van der Waals surface area contributed by atoms with Crippen LogP contribution in [0.2, 0.25) is 0 Å². The van der Waals surface area contributed by atoms with E-state index in [9.17, 15) is 5.11 Å². The average Bonchev–Trinajstić information content (AvgIpc) is 2.47. The van der Waals surface area contributed by atoms with E-state index in [1.54, 1.807) is 0 Å². The molecule has 0 unspecified atom stereocenters. The van der Waals surface area contributed by atoms with Crippen LogP contribution in [-0.2, 0) is 11.3 Å². The van der Waals surface area contributed by atoms with Crippen molar-refractivity contribution in [3.8, 4) is 5.75 Å². The lowest BCUT2D eigenvalue weighted by Gasteiger charge is -2.12. The summed E-state index contributed by atoms with van der Waals surface area (Å²) in [5.74, 6) is 0.754. The average molecular weight is 258 g/mol. The van der Waals surface area contributed by atoms with Crippen molar-refractivity contribution < 1.29 is 14.6 Å². The molecular formula is C16H18O3. The SMILES string of the molecule is O[C@@H](COCc1ccccc1)COc1ccccc1. The molecule has 0 bridgehead atoms. The fraction of sp³-hybridized carbons (Fsp3) is 0.250. The van der Waals surface area contributed by atoms with Crippen LogP contribution in [0.25, 0.3) is 0 Å². The molecular weight excluding hydrogens is 240 g/mol. The number of ether oxygens (including phenoxy) is 2. The van der Waals surface area contributed by atoms with E-state index >= 15 is 0 Å². The molecule has 0 amide bonds. The van der Waals surface area contributed by atoms with E-state index in [1.807, 2.05) is 60.7 Å². The first kappa shape index (κ1) is 13.6. The minimum atomic E-state index is -0.621. The summed E-state index contributed by atoms with van der Waals surface area (Å²) in [6, 6.07) is 19.3. The molecule has 2 aromatic rings. The van der Waals surface area contributed by atoms with Crippen molar-refractivity contribution in [2.24, 2.45) is 0 Å². The summed E-state index contributed by atoms with van der Waals surface area (Å²) in [5.41, 5.74) is 1.10. The first-order chi connectivity index (χ1) is 9.34. The molecule has 1 N–H and O–H groups in total. The zero-order valence-corrected chi connectivity index (χ0v) is 10.7. The van der Waals surface area contributed by atoms with Gasteiger partial charge < -0.3 is 14.6 Å². The number of aliphatic hydroxyl groups excluding tert-OH is 1. The Bertz CT molecular complexity index is 456. The van der Waals surface area contributed by atoms with E-state index in [0.29, 0.717) is 6.61 Å². The topological polar surface area (TPSA) is 38.7 Å². The second kappa shape index (κ2) is 7.56. The Hall–Kier alpha value is -1.84. The summed E-state index contributed by atoms with van der Waals surface area (Å²) >= 11 is 0. The molecule has 100 valence electrons. The summed E-state index contributed by atoms with van der Waals surface area (Å²) < 4.78 is 10.9. The molecule has 2 rings (SSSR count). The van der Waals surface area contributed by atoms with Gasteiger partial charge in [0.25, 0.3) is 0 Å². The van der Waals surface area contributed by atoms with E-state index in [4.69, 9.17) is 9.47 Å². The van der Waals surface area contributed by atoms with E-state index in [0.717, 1.165) is 11.3 Å². The zero-order chi connectivity index (χ0) is 13.3. The molecule has 19 heavy (non-hydrogen) atoms. The summed E-state index contributed by atoms with van der Waals surface area (Å²) in [6.07, 6.45) is -0.621. The second-order valence-corrected chi connectivity index (χ2v) is 4.28. The lowest BCUT2D eigenvalue weighted by molar-refractivity contribution is 0.00549. The third-order valence-electron chi connectivity index (χ3n) is 2.61. The Morgan fingerprint density at radius 1 is 0.842 bits per heavy atom. The van der Waals surface area contributed by atoms with Gasteiger partial charge in [-0.2, -0.15) is 0 Å². The fourth-order valence-electron chi connectivity index (χ4n) is 1.64. The second-order valence-electron chi connectivity index (χ2n) is 4.28. The molecule has 0 aliphatic heterocycles. The van der Waals surface area contributed by atoms with Gasteiger partial charge in [-0.1, -0.05) is 48.5 Å². The van der Waals surface area contributed by atoms with Crippen molar-refractivity contribution >= 4 is 0 Å². The highest BCUT2D eigenvalue weighted by molar-refractivity contribution is 5.20. The van der Waals surface area contributed by atoms with Gasteiger partial charge in [0.15, 0.2) is 0 Å². The predicted molar refractivity (Wildman–Crippen MR) is 74.0 cm³/mol. The van der Waals surface area contributed by atoms with Crippen molar-refractivity contribution in [3.05, 3.63) is 66.2 Å². The van der Waals surface area contributed by atoms with Crippen LogP contribution in [0.5, 0.6) is 5.75 Å². The molecule has 0 heterocycles. The molecule has 0 fully saturated rings. The lowest BCUT2D eigenvalue weighted by Crippen LogP contribution is -2.23. The summed E-state index contributed by atoms with van der Waals surface area (Å²) in [6.45, 7) is 1.00. The van der Waals surface area contributed by atoms with Crippen LogP contribution in [0.15, 0.2) is 60.7 Å². The largest absolute Gasteiger partial charge is 0.491 e. The highest BCUT2D eigenvalue weighted by Crippen LogP contribution is 2.08. The number of hydrogen-bond donors (Lipinski definition) is 1. The van der Waals surface area contributed by atoms with Crippen molar-refractivity contribution in [3.63, 3.8) is 0 Å². The first-order valence-electron chi connectivity index (χ1n) is 6.32. The van der Waals surface area contributed by atoms with Gasteiger partial charge in [-0.05, 0) is 17.7 Å². The maximum atomic E-state index is 9.74. The van der Waals surface area contributed by atoms with E-state index < -0.39 is 6.10 Å². The molecule has 2 aromatic carbocycles. The first-order valence-corrected chi connectivity index (χ1v) is 6.32. The maximum absolute atomic E-state index is 9.74. The van der Waals surface area contributed by atoms with Crippen LogP contribution in [-0.4, -0.2) is 24.4 Å². The number of hydrogen-bond acceptors (Lipinski definition) is 3. The van der Waals surface area contributed by atoms with E-state index in [2.05, 4.69) is 0 Å². The molecule has 3 nitrogen and oxygen atoms in total. The Morgan fingerprint density at radius 3 is 2.16 bits per heavy atom. The minimum absolute atomic E-state index is 0.235. The molecule has 0 radical (unpaired) electrons. The molecule has 3 heteroatoms. The lowest BCUT2D eigenvalue weighted by atomic mass is 10.2. The van der Waals surface area contributed by atoms with Crippen LogP contribution >= 0.6 is 0 Å². The molecule has 0 saturated heterocycles. The van der Waals surface area contributed by atoms with Gasteiger partial charge in [-0.3, -0.25) is 0 Å². The number of para-hydroxylation sites is 1. The van der Waals surface area contributed by atoms with Crippen LogP contribution in [0.4, 0.5) is 0 Å². The molecule has 0 aliphatic carbocycles. The zero-order valence-electron chi connectivity index (χ0n) is 10.7. The Morgan fingerprint density at radius 2 is 1.47 bits per heavy atom. The van der Waals surface area contributed by atoms with Crippen LogP contribution in [0, 0.1) is 0 Å². The van der Waals surface area contributed by atoms with Crippen LogP contribution in [0.1, 0.15) is 5.56 Å². The molecule has 0 saturated carbocycles. The smallest absolute Gasteiger partial charge is 0.119 e. The number of rotatable bonds is 7. The van der Waals surface area contributed by atoms with Gasteiger partial charge >= 0.3 is 0 Å². The number of benzene rings is 2. The van der Waals surface area contributed by atoms with Crippen molar-refractivity contribution in [1.29, 1.82) is 0 Å². The highest BCUT2D eigenvalue weighted by atomic mass is 16.5. The van der Waals surface area contributed by atoms with Crippen molar-refractivity contribution in [1.82, 2.24) is 0 Å². The third kappa shape index (κ3) is 5.12. The standard InChI is InChI=1S/C16H18O3/c17-15(13-19-16-9-5-2-6-10-16)12-18-11-14-7-3-1-4-8-14/h1-10,15,17H,11-13H2/t15-/m0/s1. The normalized spacial score (nSPS) is 12.1. The monoisotopic (exact) mass is 258 g/mol. The Labute approximate surface area is 113 Å². The maximum Gasteiger partial charge on any atom is 0.119 e. The molecule has 1 atom stereocenters. The Kier molecular flexibility index (Phi) is 5.41. The molecule has 0 aromatic heterocycles. The fourth-order valence-corrected chi connectivity index (χ4v) is 1.64. The van der Waals surface area contributed by atoms with Crippen LogP contribution in [0.3, 0.4) is 0 Å². The third-order valence-corrected chi connectivity index (χ3v) is 2.61. The summed E-state index contributed by atoms with van der Waals surface area (Å²) in [7, 11) is 0. The number of aliphatic hydroxyl groups is 1. The van der Waals surface area contributed by atoms with Gasteiger partial charge in [-0.25, -0.2) is 0 Å². The van der Waals surface area contributed by atoms with Gasteiger partial charge in [0.05, 0.1) is 13.2 Å². The van der Waals surface area contributed by atoms with Gasteiger partial charge in [0.1, 0.15) is 18.5 Å². The van der Waals surface area contributed by atoms with E-state index in [1.165, 1.54) is 0 Å². The van der Waals surface area contributed by atoms with Gasteiger partial charge in [0, 0.05) is 0 Å². The highest BCUT2D eigenvalue weighted by Gasteiger charge is 2.05.